The van der Waals surface area contributed by atoms with Gasteiger partial charge in [-0.05, 0) is 56.7 Å². The quantitative estimate of drug-likeness (QED) is 0.698. The monoisotopic (exact) mass is 222 g/mol. The molecule has 1 aliphatic carbocycles. The summed E-state index contributed by atoms with van der Waals surface area (Å²) in [4.78, 5) is 7.13. The van der Waals surface area contributed by atoms with Gasteiger partial charge < -0.3 is 4.90 Å². The predicted octanol–water partition coefficient (Wildman–Crippen LogP) is 2.83. The largest absolute Gasteiger partial charge is 0.306 e. The third kappa shape index (κ3) is 2.17. The van der Waals surface area contributed by atoms with Gasteiger partial charge in [-0.15, -0.1) is 0 Å². The second kappa shape index (κ2) is 4.48. The lowest BCUT2D eigenvalue weighted by Crippen LogP contribution is -2.31. The Bertz CT molecular complexity index is 274. The smallest absolute Gasteiger partial charge is 0.0559 e. The summed E-state index contributed by atoms with van der Waals surface area (Å²) in [6.45, 7) is 9.53. The summed E-state index contributed by atoms with van der Waals surface area (Å²) in [5.41, 5.74) is 0.544. The number of fused-ring (bicyclic) bond motifs is 1. The first-order valence-corrected chi connectivity index (χ1v) is 6.79. The summed E-state index contributed by atoms with van der Waals surface area (Å²) in [5, 5.41) is 0. The molecule has 2 aliphatic rings. The summed E-state index contributed by atoms with van der Waals surface area (Å²) < 4.78 is 0. The number of aliphatic imine (C=N–C) groups is 1. The van der Waals surface area contributed by atoms with Crippen LogP contribution in [0.3, 0.4) is 0 Å². The number of rotatable bonds is 5. The molecule has 2 nitrogen and oxygen atoms in total. The molecular weight excluding hydrogens is 196 g/mol. The molecule has 0 radical (unpaired) electrons. The van der Waals surface area contributed by atoms with Crippen LogP contribution < -0.4 is 0 Å². The number of hydrogen-bond acceptors (Lipinski definition) is 2. The molecule has 92 valence electrons. The fraction of sp³-hybridized carbons (Fsp3) is 0.929. The van der Waals surface area contributed by atoms with Crippen LogP contribution in [0, 0.1) is 17.3 Å². The normalized spacial score (nSPS) is 41.2. The first-order chi connectivity index (χ1) is 7.58. The molecule has 1 saturated carbocycles. The van der Waals surface area contributed by atoms with Crippen molar-refractivity contribution in [2.45, 2.75) is 46.1 Å². The molecule has 0 saturated heterocycles. The van der Waals surface area contributed by atoms with Gasteiger partial charge in [0, 0.05) is 6.21 Å². The van der Waals surface area contributed by atoms with Crippen LogP contribution in [0.2, 0.25) is 0 Å². The Hall–Kier alpha value is -0.370. The van der Waals surface area contributed by atoms with E-state index in [2.05, 4.69) is 43.9 Å². The average molecular weight is 222 g/mol. The minimum atomic E-state index is 0.544. The molecular formula is C14H26N2. The molecule has 0 N–H and O–H groups in total. The van der Waals surface area contributed by atoms with E-state index in [1.807, 2.05) is 0 Å². The molecule has 0 aromatic heterocycles. The highest BCUT2D eigenvalue weighted by atomic mass is 15.1. The lowest BCUT2D eigenvalue weighted by molar-refractivity contribution is 0.239. The fourth-order valence-electron chi connectivity index (χ4n) is 3.09. The topological polar surface area (TPSA) is 15.6 Å². The van der Waals surface area contributed by atoms with Gasteiger partial charge in [0.2, 0.25) is 0 Å². The van der Waals surface area contributed by atoms with Crippen molar-refractivity contribution >= 4 is 6.21 Å². The van der Waals surface area contributed by atoms with Crippen molar-refractivity contribution in [2.24, 2.45) is 22.2 Å². The summed E-state index contributed by atoms with van der Waals surface area (Å²) in [7, 11) is 2.23. The standard InChI is InChI=1S/C14H26N2/c1-5-7-16(4)8-6-12-10-15-13-9-14(13,3)11(12)2/h10-13H,5-9H2,1-4H3/t11-,12-,13+,14-/m1/s1. The molecule has 0 spiro atoms. The van der Waals surface area contributed by atoms with Crippen molar-refractivity contribution in [1.82, 2.24) is 4.90 Å². The van der Waals surface area contributed by atoms with E-state index in [9.17, 15) is 0 Å². The maximum atomic E-state index is 4.69. The minimum Gasteiger partial charge on any atom is -0.306 e. The summed E-state index contributed by atoms with van der Waals surface area (Å²) in [6.07, 6.45) is 6.11. The van der Waals surface area contributed by atoms with Gasteiger partial charge in [-0.1, -0.05) is 20.8 Å². The van der Waals surface area contributed by atoms with Gasteiger partial charge in [0.1, 0.15) is 0 Å². The highest BCUT2D eigenvalue weighted by Gasteiger charge is 2.57. The third-order valence-electron chi connectivity index (χ3n) is 4.82. The average Bonchev–Trinajstić information content (AvgIpc) is 2.91. The molecule has 2 rings (SSSR count). The molecule has 0 amide bonds. The lowest BCUT2D eigenvalue weighted by atomic mass is 9.78. The molecule has 1 fully saturated rings. The molecule has 0 aromatic rings. The lowest BCUT2D eigenvalue weighted by Gasteiger charge is -2.31. The van der Waals surface area contributed by atoms with E-state index < -0.39 is 0 Å². The van der Waals surface area contributed by atoms with E-state index in [4.69, 9.17) is 0 Å². The second-order valence-electron chi connectivity index (χ2n) is 6.07. The van der Waals surface area contributed by atoms with Crippen LogP contribution in [0.15, 0.2) is 4.99 Å². The van der Waals surface area contributed by atoms with E-state index >= 15 is 0 Å². The van der Waals surface area contributed by atoms with Crippen LogP contribution in [0.1, 0.15) is 40.0 Å². The third-order valence-corrected chi connectivity index (χ3v) is 4.82. The Balaban J connectivity index is 1.82. The van der Waals surface area contributed by atoms with Crippen molar-refractivity contribution in [1.29, 1.82) is 0 Å². The first-order valence-electron chi connectivity index (χ1n) is 6.79. The number of hydrogen-bond donors (Lipinski definition) is 0. The zero-order valence-electron chi connectivity index (χ0n) is 11.2. The van der Waals surface area contributed by atoms with Gasteiger partial charge in [-0.2, -0.15) is 0 Å². The number of nitrogens with zero attached hydrogens (tertiary/aromatic N) is 2. The highest BCUT2D eigenvalue weighted by molar-refractivity contribution is 5.64. The van der Waals surface area contributed by atoms with Crippen LogP contribution in [0.5, 0.6) is 0 Å². The van der Waals surface area contributed by atoms with Gasteiger partial charge in [-0.25, -0.2) is 0 Å². The zero-order valence-corrected chi connectivity index (χ0v) is 11.2. The van der Waals surface area contributed by atoms with Crippen LogP contribution in [0.25, 0.3) is 0 Å². The van der Waals surface area contributed by atoms with Crippen molar-refractivity contribution in [3.05, 3.63) is 0 Å². The van der Waals surface area contributed by atoms with E-state index in [-0.39, 0.29) is 0 Å². The first kappa shape index (κ1) is 12.1. The molecule has 16 heavy (non-hydrogen) atoms. The van der Waals surface area contributed by atoms with Gasteiger partial charge in [-0.3, -0.25) is 4.99 Å². The van der Waals surface area contributed by atoms with E-state index in [1.165, 1.54) is 32.4 Å². The minimum absolute atomic E-state index is 0.544. The molecule has 4 atom stereocenters. The van der Waals surface area contributed by atoms with Crippen LogP contribution in [-0.2, 0) is 0 Å². The second-order valence-corrected chi connectivity index (χ2v) is 6.07. The Kier molecular flexibility index (Phi) is 3.39. The van der Waals surface area contributed by atoms with Gasteiger partial charge in [0.05, 0.1) is 6.04 Å². The van der Waals surface area contributed by atoms with Crippen LogP contribution in [-0.4, -0.2) is 37.3 Å². The van der Waals surface area contributed by atoms with Crippen molar-refractivity contribution in [3.8, 4) is 0 Å². The zero-order chi connectivity index (χ0) is 11.8. The molecule has 2 heteroatoms. The maximum absolute atomic E-state index is 4.69. The van der Waals surface area contributed by atoms with Gasteiger partial charge in [0.15, 0.2) is 0 Å². The van der Waals surface area contributed by atoms with E-state index in [1.54, 1.807) is 0 Å². The Morgan fingerprint density at radius 3 is 2.88 bits per heavy atom. The Morgan fingerprint density at radius 2 is 2.19 bits per heavy atom. The Morgan fingerprint density at radius 1 is 1.44 bits per heavy atom. The van der Waals surface area contributed by atoms with Crippen LogP contribution in [0.4, 0.5) is 0 Å². The van der Waals surface area contributed by atoms with Gasteiger partial charge in [0.25, 0.3) is 0 Å². The summed E-state index contributed by atoms with van der Waals surface area (Å²) >= 11 is 0. The van der Waals surface area contributed by atoms with Crippen molar-refractivity contribution < 1.29 is 0 Å². The molecule has 0 bridgehead atoms. The van der Waals surface area contributed by atoms with E-state index in [0.29, 0.717) is 17.4 Å². The summed E-state index contributed by atoms with van der Waals surface area (Å²) in [5.74, 6) is 1.54. The maximum Gasteiger partial charge on any atom is 0.0559 e. The van der Waals surface area contributed by atoms with Gasteiger partial charge >= 0.3 is 0 Å². The fourth-order valence-corrected chi connectivity index (χ4v) is 3.09. The van der Waals surface area contributed by atoms with Crippen LogP contribution >= 0.6 is 0 Å². The van der Waals surface area contributed by atoms with E-state index in [0.717, 1.165) is 5.92 Å². The molecule has 0 unspecified atom stereocenters. The highest BCUT2D eigenvalue weighted by Crippen LogP contribution is 2.58. The molecule has 0 aromatic carbocycles. The Labute approximate surface area is 100 Å². The van der Waals surface area contributed by atoms with Crippen molar-refractivity contribution in [2.75, 3.05) is 20.1 Å². The SMILES string of the molecule is CCCN(C)CC[C@@H]1C=N[C@H]2C[C@]2(C)[C@@H]1C. The predicted molar refractivity (Wildman–Crippen MR) is 70.1 cm³/mol. The molecule has 1 aliphatic heterocycles. The summed E-state index contributed by atoms with van der Waals surface area (Å²) in [6, 6.07) is 0.659. The van der Waals surface area contributed by atoms with Crippen molar-refractivity contribution in [3.63, 3.8) is 0 Å². The molecule has 1 heterocycles.